The van der Waals surface area contributed by atoms with E-state index in [1.54, 1.807) is 0 Å². The highest BCUT2D eigenvalue weighted by atomic mass is 32.4. The summed E-state index contributed by atoms with van der Waals surface area (Å²) in [7, 11) is 0.682. The average molecular weight is 107 g/mol. The Labute approximate surface area is 37.0 Å². The van der Waals surface area contributed by atoms with Crippen LogP contribution in [0.15, 0.2) is 0 Å². The highest BCUT2D eigenvalue weighted by molar-refractivity contribution is 7.93. The van der Waals surface area contributed by atoms with Gasteiger partial charge in [-0.2, -0.15) is 0 Å². The van der Waals surface area contributed by atoms with Gasteiger partial charge >= 0.3 is 0 Å². The number of hydrogen-bond acceptors (Lipinski definition) is 1. The molecule has 0 aromatic rings. The summed E-state index contributed by atoms with van der Waals surface area (Å²) in [5, 5.41) is 0. The van der Waals surface area contributed by atoms with Gasteiger partial charge in [0.25, 0.3) is 0 Å². The maximum absolute atomic E-state index is 4.83. The molecule has 0 radical (unpaired) electrons. The zero-order valence-electron chi connectivity index (χ0n) is 2.51. The molecule has 0 amide bonds. The minimum absolute atomic E-state index is 0.682. The molecule has 0 aromatic heterocycles. The fourth-order valence-electron chi connectivity index (χ4n) is 0.0304. The molecule has 0 aliphatic heterocycles. The van der Waals surface area contributed by atoms with Crippen LogP contribution in [0.4, 0.5) is 0 Å². The summed E-state index contributed by atoms with van der Waals surface area (Å²) in [5.41, 5.74) is 4.83. The maximum atomic E-state index is 4.83. The van der Waals surface area contributed by atoms with Crippen molar-refractivity contribution < 1.29 is 4.76 Å². The summed E-state index contributed by atoms with van der Waals surface area (Å²) in [6.07, 6.45) is 1.31. The minimum atomic E-state index is 0.682. The van der Waals surface area contributed by atoms with E-state index in [2.05, 4.69) is 16.6 Å². The lowest BCUT2D eigenvalue weighted by Gasteiger charge is -1.50. The van der Waals surface area contributed by atoms with E-state index in [1.165, 1.54) is 6.34 Å². The van der Waals surface area contributed by atoms with Crippen molar-refractivity contribution in [1.29, 1.82) is 0 Å². The van der Waals surface area contributed by atoms with Crippen LogP contribution in [0.5, 0.6) is 0 Å². The van der Waals surface area contributed by atoms with Gasteiger partial charge in [-0.25, -0.2) is 4.76 Å². The summed E-state index contributed by atoms with van der Waals surface area (Å²) in [4.78, 5) is 0. The summed E-state index contributed by atoms with van der Waals surface area (Å²) in [6.45, 7) is 0. The predicted octanol–water partition coefficient (Wildman–Crippen LogP) is -1.62. The molecule has 2 nitrogen and oxygen atoms in total. The Bertz CT molecular complexity index is 51.6. The normalized spacial score (nSPS) is 10.4. The SMILES string of the molecule is N/C=[NH+]/P=S. The monoisotopic (exact) mass is 107 g/mol. The maximum Gasteiger partial charge on any atom is 0.235 e. The molecule has 0 saturated carbocycles. The molecule has 0 heterocycles. The van der Waals surface area contributed by atoms with Gasteiger partial charge in [-0.05, 0) is 11.8 Å². The molecule has 4 heteroatoms. The second-order valence-electron chi connectivity index (χ2n) is 0.387. The van der Waals surface area contributed by atoms with Crippen LogP contribution in [0, 0.1) is 0 Å². The van der Waals surface area contributed by atoms with E-state index >= 15 is 0 Å². The minimum Gasteiger partial charge on any atom is -0.293 e. The molecule has 0 atom stereocenters. The van der Waals surface area contributed by atoms with Gasteiger partial charge in [-0.1, -0.05) is 0 Å². The Hall–Kier alpha value is -0.0100. The van der Waals surface area contributed by atoms with E-state index in [9.17, 15) is 0 Å². The van der Waals surface area contributed by atoms with Crippen molar-refractivity contribution in [2.75, 3.05) is 0 Å². The van der Waals surface area contributed by atoms with Crippen LogP contribution in [0.1, 0.15) is 0 Å². The zero-order valence-corrected chi connectivity index (χ0v) is 4.22. The molecule has 28 valence electrons. The van der Waals surface area contributed by atoms with Crippen molar-refractivity contribution >= 4 is 25.7 Å². The third-order valence-electron chi connectivity index (χ3n) is 0.127. The van der Waals surface area contributed by atoms with E-state index in [0.29, 0.717) is 7.51 Å². The Kier molecular flexibility index (Phi) is 3.98. The van der Waals surface area contributed by atoms with Gasteiger partial charge in [-0.3, -0.25) is 5.73 Å². The molecule has 0 rings (SSSR count). The van der Waals surface area contributed by atoms with Gasteiger partial charge in [-0.15, -0.1) is 0 Å². The Morgan fingerprint density at radius 3 is 2.60 bits per heavy atom. The Morgan fingerprint density at radius 2 is 2.60 bits per heavy atom. The van der Waals surface area contributed by atoms with Crippen molar-refractivity contribution in [3.05, 3.63) is 0 Å². The number of rotatable bonds is 1. The molecule has 0 spiro atoms. The van der Waals surface area contributed by atoms with Crippen molar-refractivity contribution in [3.63, 3.8) is 0 Å². The van der Waals surface area contributed by atoms with Gasteiger partial charge < -0.3 is 0 Å². The standard InChI is InChI=1S/CH3N2PS/c2-1-3-4-5/h1H,(H2,2,3,5)/p+1. The van der Waals surface area contributed by atoms with Gasteiger partial charge in [0.05, 0.1) is 0 Å². The van der Waals surface area contributed by atoms with Crippen molar-refractivity contribution in [2.45, 2.75) is 0 Å². The number of nitrogens with one attached hydrogen (secondary N) is 1. The van der Waals surface area contributed by atoms with Gasteiger partial charge in [0.1, 0.15) is 0 Å². The van der Waals surface area contributed by atoms with E-state index in [0.717, 1.165) is 0 Å². The second-order valence-corrected chi connectivity index (χ2v) is 1.38. The van der Waals surface area contributed by atoms with Crippen LogP contribution in [0.3, 0.4) is 0 Å². The molecule has 5 heavy (non-hydrogen) atoms. The first-order chi connectivity index (χ1) is 2.41. The lowest BCUT2D eigenvalue weighted by Crippen LogP contribution is -2.56. The molecule has 3 N–H and O–H groups in total. The first-order valence-electron chi connectivity index (χ1n) is 1.03. The van der Waals surface area contributed by atoms with Gasteiger partial charge in [0, 0.05) is 0 Å². The highest BCUT2D eigenvalue weighted by Gasteiger charge is 1.51. The Balaban J connectivity index is 2.92. The van der Waals surface area contributed by atoms with Crippen LogP contribution in [0.25, 0.3) is 0 Å². The molecule has 0 saturated heterocycles. The third-order valence-corrected chi connectivity index (χ3v) is 0.698. The summed E-state index contributed by atoms with van der Waals surface area (Å²) in [5.74, 6) is 0. The van der Waals surface area contributed by atoms with Crippen LogP contribution in [-0.4, -0.2) is 6.34 Å². The molecule has 0 aromatic carbocycles. The van der Waals surface area contributed by atoms with Crippen molar-refractivity contribution in [3.8, 4) is 0 Å². The molecule has 0 bridgehead atoms. The Morgan fingerprint density at radius 1 is 2.00 bits per heavy atom. The largest absolute Gasteiger partial charge is 0.293 e. The number of hydrogen-bond donors (Lipinski definition) is 2. The first kappa shape index (κ1) is 4.99. The third kappa shape index (κ3) is 3.99. The average Bonchev–Trinajstić information content (AvgIpc) is 1.41. The summed E-state index contributed by atoms with van der Waals surface area (Å²) >= 11 is 4.40. The highest BCUT2D eigenvalue weighted by Crippen LogP contribution is 1.51. The lowest BCUT2D eigenvalue weighted by molar-refractivity contribution is -0.244. The van der Waals surface area contributed by atoms with Crippen LogP contribution in [0.2, 0.25) is 0 Å². The smallest absolute Gasteiger partial charge is 0.235 e. The topological polar surface area (TPSA) is 40.0 Å². The lowest BCUT2D eigenvalue weighted by atomic mass is 11.4. The van der Waals surface area contributed by atoms with Crippen LogP contribution in [-0.2, 0) is 11.8 Å². The van der Waals surface area contributed by atoms with Crippen molar-refractivity contribution in [1.82, 2.24) is 0 Å². The van der Waals surface area contributed by atoms with Gasteiger partial charge in [0.15, 0.2) is 0 Å². The molecule has 0 fully saturated rings. The van der Waals surface area contributed by atoms with E-state index < -0.39 is 0 Å². The molecule has 0 unspecified atom stereocenters. The predicted molar refractivity (Wildman–Crippen MR) is 25.5 cm³/mol. The van der Waals surface area contributed by atoms with E-state index in [1.807, 2.05) is 0 Å². The van der Waals surface area contributed by atoms with Crippen LogP contribution < -0.4 is 10.5 Å². The first-order valence-corrected chi connectivity index (χ1v) is 2.94. The molecular formula is CH4N2PS+. The van der Waals surface area contributed by atoms with E-state index in [4.69, 9.17) is 5.73 Å². The van der Waals surface area contributed by atoms with Crippen LogP contribution >= 0.6 is 7.51 Å². The summed E-state index contributed by atoms with van der Waals surface area (Å²) < 4.78 is 2.55. The molecular weight excluding hydrogens is 103 g/mol. The summed E-state index contributed by atoms with van der Waals surface area (Å²) in [6, 6.07) is 0. The quantitative estimate of drug-likeness (QED) is 0.240. The molecule has 0 aliphatic carbocycles. The van der Waals surface area contributed by atoms with Gasteiger partial charge in [0.2, 0.25) is 13.8 Å². The molecule has 0 aliphatic rings. The number of nitrogens with two attached hydrogens (primary N) is 1. The fourth-order valence-corrected chi connectivity index (χ4v) is 0.274. The van der Waals surface area contributed by atoms with Crippen molar-refractivity contribution in [2.24, 2.45) is 5.73 Å². The fraction of sp³-hybridized carbons (Fsp3) is 0. The second kappa shape index (κ2) is 3.99. The zero-order chi connectivity index (χ0) is 4.12. The van der Waals surface area contributed by atoms with E-state index in [-0.39, 0.29) is 0 Å².